The van der Waals surface area contributed by atoms with Crippen molar-refractivity contribution in [1.29, 1.82) is 5.26 Å². The van der Waals surface area contributed by atoms with E-state index in [2.05, 4.69) is 4.98 Å². The Morgan fingerprint density at radius 1 is 1.29 bits per heavy atom. The monoisotopic (exact) mass is 226 g/mol. The lowest BCUT2D eigenvalue weighted by Crippen LogP contribution is -1.99. The van der Waals surface area contributed by atoms with Gasteiger partial charge in [0, 0.05) is 22.2 Å². The number of nitrogens with zero attached hydrogens (tertiary/aromatic N) is 1. The molecule has 0 unspecified atom stereocenters. The average Bonchev–Trinajstić information content (AvgIpc) is 2.63. The van der Waals surface area contributed by atoms with Crippen LogP contribution in [0.4, 0.5) is 0 Å². The maximum Gasteiger partial charge on any atom is 0.179 e. The molecular weight excluding hydrogens is 212 g/mol. The zero-order valence-electron chi connectivity index (χ0n) is 10.2. The van der Waals surface area contributed by atoms with E-state index in [1.165, 1.54) is 0 Å². The summed E-state index contributed by atoms with van der Waals surface area (Å²) in [5.74, 6) is -0.107. The van der Waals surface area contributed by atoms with Crippen molar-refractivity contribution in [3.05, 3.63) is 34.5 Å². The van der Waals surface area contributed by atoms with E-state index in [1.54, 1.807) is 0 Å². The summed E-state index contributed by atoms with van der Waals surface area (Å²) in [6.07, 6.45) is -0.0683. The van der Waals surface area contributed by atoms with Crippen molar-refractivity contribution < 1.29 is 4.79 Å². The molecule has 86 valence electrons. The van der Waals surface area contributed by atoms with Gasteiger partial charge < -0.3 is 4.98 Å². The normalized spacial score (nSPS) is 10.5. The van der Waals surface area contributed by atoms with Gasteiger partial charge in [-0.05, 0) is 31.9 Å². The number of H-pyrrole nitrogens is 1. The second kappa shape index (κ2) is 4.06. The third-order valence-electron chi connectivity index (χ3n) is 3.08. The van der Waals surface area contributed by atoms with Crippen LogP contribution in [-0.4, -0.2) is 10.8 Å². The summed E-state index contributed by atoms with van der Waals surface area (Å²) in [5, 5.41) is 9.60. The predicted octanol–water partition coefficient (Wildman–Crippen LogP) is 3.19. The van der Waals surface area contributed by atoms with Gasteiger partial charge >= 0.3 is 0 Å². The second-order valence-corrected chi connectivity index (χ2v) is 4.33. The van der Waals surface area contributed by atoms with E-state index >= 15 is 0 Å². The molecule has 0 atom stereocenters. The van der Waals surface area contributed by atoms with Gasteiger partial charge in [0.1, 0.15) is 0 Å². The molecule has 0 aliphatic heterocycles. The molecule has 0 spiro atoms. The van der Waals surface area contributed by atoms with Crippen LogP contribution < -0.4 is 0 Å². The van der Waals surface area contributed by atoms with Crippen LogP contribution in [0, 0.1) is 32.1 Å². The summed E-state index contributed by atoms with van der Waals surface area (Å²) in [7, 11) is 0. The number of aromatic amines is 1. The first-order valence-corrected chi connectivity index (χ1v) is 5.55. The van der Waals surface area contributed by atoms with Gasteiger partial charge in [0.2, 0.25) is 0 Å². The van der Waals surface area contributed by atoms with Crippen LogP contribution in [0.3, 0.4) is 0 Å². The second-order valence-electron chi connectivity index (χ2n) is 4.33. The molecule has 1 aromatic carbocycles. The van der Waals surface area contributed by atoms with E-state index in [4.69, 9.17) is 5.26 Å². The quantitative estimate of drug-likeness (QED) is 0.799. The molecule has 2 aromatic rings. The van der Waals surface area contributed by atoms with Crippen LogP contribution in [-0.2, 0) is 0 Å². The van der Waals surface area contributed by atoms with Gasteiger partial charge in [-0.1, -0.05) is 12.1 Å². The molecule has 0 radical (unpaired) electrons. The maximum atomic E-state index is 12.0. The molecule has 0 bridgehead atoms. The Hall–Kier alpha value is -2.08. The Bertz CT molecular complexity index is 644. The minimum absolute atomic E-state index is 0.0683. The number of hydrogen-bond donors (Lipinski definition) is 1. The largest absolute Gasteiger partial charge is 0.358 e. The molecule has 2 rings (SSSR count). The Labute approximate surface area is 100 Å². The summed E-state index contributed by atoms with van der Waals surface area (Å²) in [6, 6.07) is 5.96. The van der Waals surface area contributed by atoms with Crippen molar-refractivity contribution in [2.24, 2.45) is 0 Å². The van der Waals surface area contributed by atoms with E-state index in [-0.39, 0.29) is 12.2 Å². The van der Waals surface area contributed by atoms with Crippen LogP contribution >= 0.6 is 0 Å². The lowest BCUT2D eigenvalue weighted by molar-refractivity contribution is 0.0998. The summed E-state index contributed by atoms with van der Waals surface area (Å²) < 4.78 is 0. The molecule has 0 saturated heterocycles. The van der Waals surface area contributed by atoms with Crippen molar-refractivity contribution in [3.63, 3.8) is 0 Å². The molecule has 1 N–H and O–H groups in total. The van der Waals surface area contributed by atoms with E-state index in [0.717, 1.165) is 27.7 Å². The lowest BCUT2D eigenvalue weighted by Gasteiger charge is -2.02. The maximum absolute atomic E-state index is 12.0. The van der Waals surface area contributed by atoms with Crippen molar-refractivity contribution in [1.82, 2.24) is 4.98 Å². The molecule has 3 nitrogen and oxygen atoms in total. The fourth-order valence-electron chi connectivity index (χ4n) is 2.24. The van der Waals surface area contributed by atoms with E-state index in [9.17, 15) is 4.79 Å². The molecular formula is C14H14N2O. The summed E-state index contributed by atoms with van der Waals surface area (Å²) in [4.78, 5) is 15.2. The molecule has 0 aliphatic rings. The molecule has 17 heavy (non-hydrogen) atoms. The number of Topliss-reactive ketones (excluding diaryl/α,β-unsaturated/α-hetero) is 1. The smallest absolute Gasteiger partial charge is 0.179 e. The van der Waals surface area contributed by atoms with Gasteiger partial charge in [0.25, 0.3) is 0 Å². The van der Waals surface area contributed by atoms with Crippen molar-refractivity contribution in [3.8, 4) is 6.07 Å². The molecule has 0 fully saturated rings. The SMILES string of the molecule is Cc1[nH]c2c(C)ccc(C)c2c1C(=O)CC#N. The average molecular weight is 226 g/mol. The number of benzene rings is 1. The number of carbonyl (C=O) groups is 1. The molecule has 1 aromatic heterocycles. The molecule has 0 saturated carbocycles. The zero-order chi connectivity index (χ0) is 12.6. The van der Waals surface area contributed by atoms with E-state index < -0.39 is 0 Å². The fourth-order valence-corrected chi connectivity index (χ4v) is 2.24. The summed E-state index contributed by atoms with van der Waals surface area (Å²) in [6.45, 7) is 5.87. The number of carbonyl (C=O) groups excluding carboxylic acids is 1. The minimum Gasteiger partial charge on any atom is -0.358 e. The Morgan fingerprint density at radius 2 is 1.94 bits per heavy atom. The topological polar surface area (TPSA) is 56.6 Å². The Balaban J connectivity index is 2.80. The van der Waals surface area contributed by atoms with Crippen molar-refractivity contribution >= 4 is 16.7 Å². The molecule has 0 aliphatic carbocycles. The highest BCUT2D eigenvalue weighted by molar-refractivity contribution is 6.11. The number of aromatic nitrogens is 1. The highest BCUT2D eigenvalue weighted by atomic mass is 16.1. The lowest BCUT2D eigenvalue weighted by atomic mass is 9.99. The van der Waals surface area contributed by atoms with Gasteiger partial charge in [0.15, 0.2) is 5.78 Å². The number of rotatable bonds is 2. The van der Waals surface area contributed by atoms with Crippen LogP contribution in [0.25, 0.3) is 10.9 Å². The highest BCUT2D eigenvalue weighted by Crippen LogP contribution is 2.28. The Kier molecular flexibility index (Phi) is 2.72. The number of aryl methyl sites for hydroxylation is 3. The standard InChI is InChI=1S/C14H14N2O/c1-8-4-5-9(2)14-12(8)13(10(3)16-14)11(17)6-7-15/h4-5,16H,6H2,1-3H3. The van der Waals surface area contributed by atoms with Crippen LogP contribution in [0.5, 0.6) is 0 Å². The third kappa shape index (κ3) is 1.72. The summed E-state index contributed by atoms with van der Waals surface area (Å²) >= 11 is 0. The predicted molar refractivity (Wildman–Crippen MR) is 67.1 cm³/mol. The fraction of sp³-hybridized carbons (Fsp3) is 0.286. The van der Waals surface area contributed by atoms with Crippen molar-refractivity contribution in [2.75, 3.05) is 0 Å². The van der Waals surface area contributed by atoms with Gasteiger partial charge in [-0.2, -0.15) is 5.26 Å². The number of fused-ring (bicyclic) bond motifs is 1. The number of ketones is 1. The van der Waals surface area contributed by atoms with Gasteiger partial charge in [0.05, 0.1) is 12.5 Å². The van der Waals surface area contributed by atoms with Crippen molar-refractivity contribution in [2.45, 2.75) is 27.2 Å². The van der Waals surface area contributed by atoms with E-state index in [1.807, 2.05) is 39.0 Å². The number of hydrogen-bond acceptors (Lipinski definition) is 2. The highest BCUT2D eigenvalue weighted by Gasteiger charge is 2.17. The summed E-state index contributed by atoms with van der Waals surface area (Å²) in [5.41, 5.74) is 4.70. The van der Waals surface area contributed by atoms with Crippen LogP contribution in [0.1, 0.15) is 33.6 Å². The minimum atomic E-state index is -0.107. The first-order chi connectivity index (χ1) is 8.06. The zero-order valence-corrected chi connectivity index (χ0v) is 10.2. The Morgan fingerprint density at radius 3 is 2.59 bits per heavy atom. The van der Waals surface area contributed by atoms with Crippen LogP contribution in [0.15, 0.2) is 12.1 Å². The van der Waals surface area contributed by atoms with Gasteiger partial charge in [-0.25, -0.2) is 0 Å². The molecule has 1 heterocycles. The number of nitrogens with one attached hydrogen (secondary N) is 1. The van der Waals surface area contributed by atoms with Gasteiger partial charge in [-0.15, -0.1) is 0 Å². The van der Waals surface area contributed by atoms with Gasteiger partial charge in [-0.3, -0.25) is 4.79 Å². The van der Waals surface area contributed by atoms with Crippen LogP contribution in [0.2, 0.25) is 0 Å². The third-order valence-corrected chi connectivity index (χ3v) is 3.08. The molecule has 3 heteroatoms. The molecule has 0 amide bonds. The first kappa shape index (κ1) is 11.4. The van der Waals surface area contributed by atoms with E-state index in [0.29, 0.717) is 5.56 Å². The number of nitriles is 1. The first-order valence-electron chi connectivity index (χ1n) is 5.55.